The summed E-state index contributed by atoms with van der Waals surface area (Å²) in [7, 11) is 0. The summed E-state index contributed by atoms with van der Waals surface area (Å²) in [5.41, 5.74) is -0.302. The quantitative estimate of drug-likeness (QED) is 0.750. The summed E-state index contributed by atoms with van der Waals surface area (Å²) in [6, 6.07) is 6.98. The Morgan fingerprint density at radius 1 is 1.28 bits per heavy atom. The van der Waals surface area contributed by atoms with E-state index in [-0.39, 0.29) is 36.1 Å². The molecule has 0 radical (unpaired) electrons. The summed E-state index contributed by atoms with van der Waals surface area (Å²) < 4.78 is 1.52. The van der Waals surface area contributed by atoms with Gasteiger partial charge < -0.3 is 19.5 Å². The minimum atomic E-state index is -0.441. The van der Waals surface area contributed by atoms with Crippen molar-refractivity contribution in [1.82, 2.24) is 19.4 Å². The van der Waals surface area contributed by atoms with Gasteiger partial charge in [-0.15, -0.1) is 0 Å². The first kappa shape index (κ1) is 19.1. The number of aromatic nitrogens is 3. The number of hydrogen-bond donors (Lipinski definition) is 1. The van der Waals surface area contributed by atoms with Gasteiger partial charge in [0, 0.05) is 75.1 Å². The van der Waals surface area contributed by atoms with Crippen LogP contribution in [0.5, 0.6) is 0 Å². The third-order valence-corrected chi connectivity index (χ3v) is 5.98. The van der Waals surface area contributed by atoms with Crippen molar-refractivity contribution < 1.29 is 9.90 Å². The summed E-state index contributed by atoms with van der Waals surface area (Å²) in [5.74, 6) is 0.592. The van der Waals surface area contributed by atoms with Gasteiger partial charge in [0.1, 0.15) is 6.07 Å². The minimum absolute atomic E-state index is 0.0215. The highest BCUT2D eigenvalue weighted by atomic mass is 16.3. The number of carbonyl (C=O) groups is 1. The molecule has 0 aliphatic carbocycles. The van der Waals surface area contributed by atoms with Crippen LogP contribution >= 0.6 is 0 Å². The van der Waals surface area contributed by atoms with Gasteiger partial charge in [0.25, 0.3) is 5.56 Å². The van der Waals surface area contributed by atoms with E-state index in [1.807, 2.05) is 4.90 Å². The lowest BCUT2D eigenvalue weighted by molar-refractivity contribution is -0.131. The van der Waals surface area contributed by atoms with Crippen LogP contribution in [0.25, 0.3) is 0 Å². The predicted octanol–water partition coefficient (Wildman–Crippen LogP) is -0.143. The fourth-order valence-corrected chi connectivity index (χ4v) is 4.42. The normalized spacial score (nSPS) is 23.1. The van der Waals surface area contributed by atoms with Gasteiger partial charge in [-0.3, -0.25) is 9.59 Å². The van der Waals surface area contributed by atoms with E-state index >= 15 is 0 Å². The third kappa shape index (κ3) is 3.47. The first-order valence-electron chi connectivity index (χ1n) is 9.56. The Kier molecular flexibility index (Phi) is 5.03. The van der Waals surface area contributed by atoms with Gasteiger partial charge in [-0.1, -0.05) is 6.07 Å². The molecule has 9 nitrogen and oxygen atoms in total. The number of nitrogens with zero attached hydrogens (tertiary/aromatic N) is 6. The number of carbonyl (C=O) groups excluding carboxylic acids is 1. The first-order valence-corrected chi connectivity index (χ1v) is 9.56. The van der Waals surface area contributed by atoms with Crippen molar-refractivity contribution in [2.45, 2.75) is 13.0 Å². The number of rotatable bonds is 5. The van der Waals surface area contributed by atoms with E-state index in [1.165, 1.54) is 16.8 Å². The van der Waals surface area contributed by atoms with Gasteiger partial charge in [0.2, 0.25) is 5.91 Å². The number of likely N-dealkylation sites (tertiary alicyclic amines) is 1. The van der Waals surface area contributed by atoms with Crippen molar-refractivity contribution in [2.24, 2.45) is 11.3 Å². The summed E-state index contributed by atoms with van der Waals surface area (Å²) >= 11 is 0. The molecule has 0 unspecified atom stereocenters. The van der Waals surface area contributed by atoms with Gasteiger partial charge in [-0.2, -0.15) is 5.26 Å². The van der Waals surface area contributed by atoms with E-state index in [1.54, 1.807) is 29.4 Å². The molecule has 1 amide bonds. The minimum Gasteiger partial charge on any atom is -0.396 e. The molecule has 9 heteroatoms. The molecule has 0 saturated carbocycles. The van der Waals surface area contributed by atoms with Crippen LogP contribution in [0.1, 0.15) is 12.1 Å². The number of aryl methyl sites for hydroxylation is 1. The number of nitriles is 1. The zero-order valence-corrected chi connectivity index (χ0v) is 15.9. The molecule has 2 aromatic heterocycles. The topological polar surface area (TPSA) is 115 Å². The third-order valence-electron chi connectivity index (χ3n) is 5.98. The van der Waals surface area contributed by atoms with Crippen molar-refractivity contribution in [3.63, 3.8) is 0 Å². The number of aliphatic hydroxyl groups is 1. The summed E-state index contributed by atoms with van der Waals surface area (Å²) in [6.45, 7) is 2.41. The molecule has 29 heavy (non-hydrogen) atoms. The molecule has 0 bridgehead atoms. The molecular formula is C20H22N6O3. The molecular weight excluding hydrogens is 372 g/mol. The van der Waals surface area contributed by atoms with Crippen LogP contribution < -0.4 is 10.5 Å². The molecule has 2 aliphatic rings. The molecule has 0 spiro atoms. The largest absolute Gasteiger partial charge is 0.396 e. The Labute approximate surface area is 167 Å². The number of amides is 1. The molecule has 150 valence electrons. The average molecular weight is 394 g/mol. The Morgan fingerprint density at radius 3 is 2.83 bits per heavy atom. The molecule has 1 N–H and O–H groups in total. The highest BCUT2D eigenvalue weighted by molar-refractivity contribution is 5.76. The number of anilines is 1. The number of hydrogen-bond acceptors (Lipinski definition) is 7. The van der Waals surface area contributed by atoms with E-state index in [2.05, 4.69) is 16.0 Å². The van der Waals surface area contributed by atoms with Crippen molar-refractivity contribution in [3.05, 3.63) is 52.8 Å². The highest BCUT2D eigenvalue weighted by Gasteiger charge is 2.53. The number of aliphatic hydroxyl groups excluding tert-OH is 1. The summed E-state index contributed by atoms with van der Waals surface area (Å²) in [4.78, 5) is 36.7. The van der Waals surface area contributed by atoms with Crippen molar-refractivity contribution in [3.8, 4) is 6.07 Å². The van der Waals surface area contributed by atoms with E-state index in [0.717, 1.165) is 0 Å². The monoisotopic (exact) mass is 394 g/mol. The van der Waals surface area contributed by atoms with Gasteiger partial charge in [-0.05, 0) is 6.07 Å². The smallest absolute Gasteiger partial charge is 0.250 e. The fraction of sp³-hybridized carbons (Fsp3) is 0.450. The zero-order chi connectivity index (χ0) is 20.4. The lowest BCUT2D eigenvalue weighted by Crippen LogP contribution is -2.39. The highest BCUT2D eigenvalue weighted by Crippen LogP contribution is 2.43. The second-order valence-electron chi connectivity index (χ2n) is 7.69. The van der Waals surface area contributed by atoms with Gasteiger partial charge in [0.05, 0.1) is 6.61 Å². The second kappa shape index (κ2) is 7.64. The molecule has 2 saturated heterocycles. The lowest BCUT2D eigenvalue weighted by Gasteiger charge is -2.27. The van der Waals surface area contributed by atoms with Crippen molar-refractivity contribution in [1.29, 1.82) is 5.26 Å². The van der Waals surface area contributed by atoms with E-state index in [0.29, 0.717) is 38.5 Å². The fourth-order valence-electron chi connectivity index (χ4n) is 4.42. The lowest BCUT2D eigenvalue weighted by atomic mass is 9.82. The Bertz CT molecular complexity index is 1020. The molecule has 2 atom stereocenters. The Hall–Kier alpha value is -3.25. The maximum atomic E-state index is 12.7. The molecule has 2 aromatic rings. The van der Waals surface area contributed by atoms with E-state index in [4.69, 9.17) is 0 Å². The second-order valence-corrected chi connectivity index (χ2v) is 7.69. The Morgan fingerprint density at radius 2 is 2.10 bits per heavy atom. The molecule has 2 fully saturated rings. The maximum Gasteiger partial charge on any atom is 0.250 e. The Balaban J connectivity index is 1.43. The molecule has 0 aromatic carbocycles. The first-order chi connectivity index (χ1) is 14.1. The van der Waals surface area contributed by atoms with Crippen molar-refractivity contribution >= 4 is 11.7 Å². The SMILES string of the molecule is N#Cc1nccnc1N1C[C@H]2CN(C(=O)CCn3ccccc3=O)C[C@@]2(CO)C1. The molecule has 2 aliphatic heterocycles. The number of pyridine rings is 1. The molecule has 4 rings (SSSR count). The predicted molar refractivity (Wildman–Crippen MR) is 104 cm³/mol. The van der Waals surface area contributed by atoms with Crippen molar-refractivity contribution in [2.75, 3.05) is 37.7 Å². The standard InChI is InChI=1S/C20H22N6O3/c21-9-16-19(23-6-5-22-16)26-11-15-10-25(12-20(15,13-26)14-27)18(29)4-8-24-7-2-1-3-17(24)28/h1-3,5-7,15,27H,4,8,10-14H2/t15-,20+/m1/s1. The van der Waals surface area contributed by atoms with E-state index in [9.17, 15) is 20.0 Å². The van der Waals surface area contributed by atoms with Crippen LogP contribution in [-0.2, 0) is 11.3 Å². The van der Waals surface area contributed by atoms with Gasteiger partial charge >= 0.3 is 0 Å². The molecule has 4 heterocycles. The van der Waals surface area contributed by atoms with E-state index < -0.39 is 5.41 Å². The van der Waals surface area contributed by atoms with Crippen LogP contribution in [-0.4, -0.2) is 63.2 Å². The van der Waals surface area contributed by atoms with Gasteiger partial charge in [-0.25, -0.2) is 9.97 Å². The van der Waals surface area contributed by atoms with Crippen LogP contribution in [0.4, 0.5) is 5.82 Å². The van der Waals surface area contributed by atoms with Crippen LogP contribution in [0.15, 0.2) is 41.6 Å². The van der Waals surface area contributed by atoms with Crippen LogP contribution in [0.3, 0.4) is 0 Å². The van der Waals surface area contributed by atoms with Gasteiger partial charge in [0.15, 0.2) is 11.5 Å². The summed E-state index contributed by atoms with van der Waals surface area (Å²) in [5, 5.41) is 19.4. The van der Waals surface area contributed by atoms with Crippen LogP contribution in [0.2, 0.25) is 0 Å². The van der Waals surface area contributed by atoms with Crippen LogP contribution in [0, 0.1) is 22.7 Å². The number of fused-ring (bicyclic) bond motifs is 1. The summed E-state index contributed by atoms with van der Waals surface area (Å²) in [6.07, 6.45) is 4.95. The average Bonchev–Trinajstić information content (AvgIpc) is 3.28. The maximum absolute atomic E-state index is 12.7. The zero-order valence-electron chi connectivity index (χ0n) is 15.9.